The molecule has 1 aromatic carbocycles. The van der Waals surface area contributed by atoms with Gasteiger partial charge in [0, 0.05) is 22.1 Å². The summed E-state index contributed by atoms with van der Waals surface area (Å²) in [6.07, 6.45) is 3.84. The van der Waals surface area contributed by atoms with Crippen LogP contribution in [0.3, 0.4) is 0 Å². The zero-order valence-corrected chi connectivity index (χ0v) is 13.2. The van der Waals surface area contributed by atoms with Crippen LogP contribution in [-0.2, 0) is 11.2 Å². The maximum Gasteiger partial charge on any atom is 0.221 e. The fourth-order valence-corrected chi connectivity index (χ4v) is 4.08. The first-order valence-electron chi connectivity index (χ1n) is 7.01. The average Bonchev–Trinajstić information content (AvgIpc) is 2.41. The van der Waals surface area contributed by atoms with Gasteiger partial charge in [0.05, 0.1) is 11.1 Å². The maximum absolute atomic E-state index is 12.9. The standard InChI is InChI=1S/C17H17NO2S/c1-9-4-6-12-14(8-9)21-17-10(2)5-7-13(18-11(3)19)15(17)16(12)20/h5,7-8H,4,6H2,1-3H3,(H,18,19). The molecule has 1 N–H and O–H groups in total. The van der Waals surface area contributed by atoms with E-state index in [9.17, 15) is 9.59 Å². The first-order chi connectivity index (χ1) is 9.97. The number of allylic oxidation sites excluding steroid dienone is 1. The van der Waals surface area contributed by atoms with Crippen LogP contribution in [0.25, 0.3) is 16.2 Å². The molecule has 0 aliphatic heterocycles. The number of carbonyl (C=O) groups is 1. The van der Waals surface area contributed by atoms with E-state index >= 15 is 0 Å². The molecule has 3 nitrogen and oxygen atoms in total. The molecule has 0 unspecified atom stereocenters. The molecule has 0 radical (unpaired) electrons. The van der Waals surface area contributed by atoms with Gasteiger partial charge in [0.25, 0.3) is 0 Å². The molecule has 0 bridgehead atoms. The van der Waals surface area contributed by atoms with Gasteiger partial charge >= 0.3 is 0 Å². The number of aryl methyl sites for hydroxylation is 1. The zero-order chi connectivity index (χ0) is 15.1. The van der Waals surface area contributed by atoms with Crippen molar-refractivity contribution in [3.05, 3.63) is 43.9 Å². The van der Waals surface area contributed by atoms with Gasteiger partial charge in [0.15, 0.2) is 5.43 Å². The van der Waals surface area contributed by atoms with Crippen molar-refractivity contribution in [1.29, 1.82) is 0 Å². The van der Waals surface area contributed by atoms with Crippen LogP contribution < -0.4 is 10.7 Å². The summed E-state index contributed by atoms with van der Waals surface area (Å²) in [7, 11) is 0. The molecule has 0 spiro atoms. The van der Waals surface area contributed by atoms with Gasteiger partial charge in [-0.2, -0.15) is 0 Å². The highest BCUT2D eigenvalue weighted by molar-refractivity contribution is 7.19. The Balaban J connectivity index is 2.39. The summed E-state index contributed by atoms with van der Waals surface area (Å²) in [6, 6.07) is 3.78. The zero-order valence-electron chi connectivity index (χ0n) is 12.4. The number of carbonyl (C=O) groups excluding carboxylic acids is 1. The Kier molecular flexibility index (Phi) is 3.41. The number of anilines is 1. The number of hydrogen-bond acceptors (Lipinski definition) is 3. The van der Waals surface area contributed by atoms with Crippen LogP contribution in [0, 0.1) is 6.92 Å². The summed E-state index contributed by atoms with van der Waals surface area (Å²) < 4.78 is 0.968. The highest BCUT2D eigenvalue weighted by atomic mass is 32.1. The van der Waals surface area contributed by atoms with Crippen LogP contribution in [-0.4, -0.2) is 5.91 Å². The molecule has 21 heavy (non-hydrogen) atoms. The largest absolute Gasteiger partial charge is 0.326 e. The molecule has 4 heteroatoms. The Hall–Kier alpha value is -1.94. The fourth-order valence-electron chi connectivity index (χ4n) is 2.74. The van der Waals surface area contributed by atoms with E-state index in [1.165, 1.54) is 12.5 Å². The number of rotatable bonds is 1. The molecule has 2 aromatic rings. The minimum Gasteiger partial charge on any atom is -0.326 e. The van der Waals surface area contributed by atoms with Gasteiger partial charge in [-0.1, -0.05) is 11.6 Å². The van der Waals surface area contributed by atoms with E-state index in [2.05, 4.69) is 18.3 Å². The van der Waals surface area contributed by atoms with Crippen LogP contribution in [0.2, 0.25) is 0 Å². The fraction of sp³-hybridized carbons (Fsp3) is 0.294. The Morgan fingerprint density at radius 3 is 2.71 bits per heavy atom. The van der Waals surface area contributed by atoms with Crippen molar-refractivity contribution in [1.82, 2.24) is 0 Å². The monoisotopic (exact) mass is 299 g/mol. The van der Waals surface area contributed by atoms with Crippen molar-refractivity contribution in [2.75, 3.05) is 5.32 Å². The molecular formula is C17H17NO2S. The van der Waals surface area contributed by atoms with E-state index in [-0.39, 0.29) is 11.3 Å². The number of hydrogen-bond donors (Lipinski definition) is 1. The maximum atomic E-state index is 12.9. The summed E-state index contributed by atoms with van der Waals surface area (Å²) in [6.45, 7) is 5.57. The number of benzene rings is 1. The quantitative estimate of drug-likeness (QED) is 0.868. The van der Waals surface area contributed by atoms with E-state index in [0.717, 1.165) is 33.5 Å². The Morgan fingerprint density at radius 1 is 1.24 bits per heavy atom. The summed E-state index contributed by atoms with van der Waals surface area (Å²) >= 11 is 1.65. The van der Waals surface area contributed by atoms with Crippen molar-refractivity contribution in [3.8, 4) is 0 Å². The van der Waals surface area contributed by atoms with Crippen LogP contribution in [0.4, 0.5) is 5.69 Å². The Morgan fingerprint density at radius 2 is 2.00 bits per heavy atom. The van der Waals surface area contributed by atoms with Crippen LogP contribution >= 0.6 is 11.3 Å². The summed E-state index contributed by atoms with van der Waals surface area (Å²) in [4.78, 5) is 25.3. The van der Waals surface area contributed by atoms with Gasteiger partial charge < -0.3 is 5.32 Å². The van der Waals surface area contributed by atoms with Crippen LogP contribution in [0.15, 0.2) is 22.5 Å². The van der Waals surface area contributed by atoms with E-state index in [4.69, 9.17) is 0 Å². The number of fused-ring (bicyclic) bond motifs is 2. The number of nitrogens with one attached hydrogen (secondary N) is 1. The molecule has 1 aromatic heterocycles. The SMILES string of the molecule is CC(=O)Nc1ccc(C)c2sc3c(c(=O)c12)CCC(C)=C3. The first kappa shape index (κ1) is 14.0. The lowest BCUT2D eigenvalue weighted by Gasteiger charge is -2.16. The molecule has 0 saturated heterocycles. The Labute approximate surface area is 127 Å². The molecule has 108 valence electrons. The van der Waals surface area contributed by atoms with E-state index in [1.807, 2.05) is 19.1 Å². The predicted molar refractivity (Wildman–Crippen MR) is 89.1 cm³/mol. The van der Waals surface area contributed by atoms with Crippen molar-refractivity contribution < 1.29 is 4.79 Å². The lowest BCUT2D eigenvalue weighted by atomic mass is 9.97. The second-order valence-electron chi connectivity index (χ2n) is 5.58. The summed E-state index contributed by atoms with van der Waals surface area (Å²) in [5.41, 5.74) is 3.96. The molecule has 1 aliphatic rings. The third kappa shape index (κ3) is 2.40. The molecule has 0 saturated carbocycles. The number of amides is 1. The molecule has 0 atom stereocenters. The topological polar surface area (TPSA) is 46.2 Å². The lowest BCUT2D eigenvalue weighted by molar-refractivity contribution is -0.114. The second kappa shape index (κ2) is 5.11. The van der Waals surface area contributed by atoms with Crippen molar-refractivity contribution in [2.24, 2.45) is 0 Å². The van der Waals surface area contributed by atoms with E-state index in [0.29, 0.717) is 11.1 Å². The highest BCUT2D eigenvalue weighted by Gasteiger charge is 2.18. The van der Waals surface area contributed by atoms with E-state index in [1.54, 1.807) is 11.3 Å². The van der Waals surface area contributed by atoms with Gasteiger partial charge in [0.1, 0.15) is 0 Å². The van der Waals surface area contributed by atoms with Crippen molar-refractivity contribution >= 4 is 39.1 Å². The second-order valence-corrected chi connectivity index (χ2v) is 6.63. The smallest absolute Gasteiger partial charge is 0.221 e. The third-order valence-electron chi connectivity index (χ3n) is 3.82. The van der Waals surface area contributed by atoms with Gasteiger partial charge in [-0.3, -0.25) is 9.59 Å². The molecule has 1 heterocycles. The molecule has 3 rings (SSSR count). The molecule has 1 amide bonds. The minimum atomic E-state index is -0.155. The van der Waals surface area contributed by atoms with Crippen LogP contribution in [0.1, 0.15) is 36.3 Å². The molecule has 0 fully saturated rings. The minimum absolute atomic E-state index is 0.0648. The van der Waals surface area contributed by atoms with Gasteiger partial charge in [-0.25, -0.2) is 0 Å². The van der Waals surface area contributed by atoms with Crippen molar-refractivity contribution in [3.63, 3.8) is 0 Å². The lowest BCUT2D eigenvalue weighted by Crippen LogP contribution is -2.16. The molecule has 1 aliphatic carbocycles. The summed E-state index contributed by atoms with van der Waals surface area (Å²) in [5, 5.41) is 3.44. The summed E-state index contributed by atoms with van der Waals surface area (Å²) in [5.74, 6) is -0.155. The van der Waals surface area contributed by atoms with Gasteiger partial charge in [-0.05, 0) is 44.4 Å². The Bertz CT molecular complexity index is 846. The normalized spacial score (nSPS) is 13.8. The van der Waals surface area contributed by atoms with E-state index < -0.39 is 0 Å². The van der Waals surface area contributed by atoms with Crippen LogP contribution in [0.5, 0.6) is 0 Å². The van der Waals surface area contributed by atoms with Gasteiger partial charge in [-0.15, -0.1) is 11.3 Å². The predicted octanol–water partition coefficient (Wildman–Crippen LogP) is 3.88. The van der Waals surface area contributed by atoms with Gasteiger partial charge in [0.2, 0.25) is 5.91 Å². The highest BCUT2D eigenvalue weighted by Crippen LogP contribution is 2.34. The molecular weight excluding hydrogens is 282 g/mol. The third-order valence-corrected chi connectivity index (χ3v) is 5.14. The van der Waals surface area contributed by atoms with Crippen molar-refractivity contribution in [2.45, 2.75) is 33.6 Å². The average molecular weight is 299 g/mol. The first-order valence-corrected chi connectivity index (χ1v) is 7.83.